The van der Waals surface area contributed by atoms with Crippen LogP contribution in [0.4, 0.5) is 9.59 Å². The Morgan fingerprint density at radius 1 is 0.800 bits per heavy atom. The number of amides is 1. The van der Waals surface area contributed by atoms with Gasteiger partial charge in [0.05, 0.1) is 12.7 Å². The molecule has 0 saturated heterocycles. The Hall–Kier alpha value is -3.14. The second-order valence-electron chi connectivity index (χ2n) is 9.30. The van der Waals surface area contributed by atoms with E-state index in [1.54, 1.807) is 20.8 Å². The summed E-state index contributed by atoms with van der Waals surface area (Å²) < 4.78 is 21.8. The zero-order chi connectivity index (χ0) is 25.8. The maximum Gasteiger partial charge on any atom is 0.509 e. The fourth-order valence-electron chi connectivity index (χ4n) is 3.40. The molecule has 0 radical (unpaired) electrons. The minimum atomic E-state index is -0.917. The maximum absolute atomic E-state index is 12.4. The molecular formula is C26H37N3O6. The van der Waals surface area contributed by atoms with Gasteiger partial charge in [-0.25, -0.2) is 9.59 Å². The van der Waals surface area contributed by atoms with E-state index in [-0.39, 0.29) is 25.7 Å². The lowest BCUT2D eigenvalue weighted by Crippen LogP contribution is -2.35. The SMILES string of the molecule is CC(C)(C)OC(=O)OC(COC(COC(N)=O)CC(N)c1ccccc1)CC(N)c1ccccc1. The highest BCUT2D eigenvalue weighted by atomic mass is 16.7. The van der Waals surface area contributed by atoms with Gasteiger partial charge in [-0.05, 0) is 38.3 Å². The van der Waals surface area contributed by atoms with Crippen molar-refractivity contribution in [1.82, 2.24) is 0 Å². The molecule has 0 spiro atoms. The maximum atomic E-state index is 12.4. The van der Waals surface area contributed by atoms with Crippen molar-refractivity contribution in [3.05, 3.63) is 71.8 Å². The number of benzene rings is 2. The third kappa shape index (κ3) is 11.2. The minimum Gasteiger partial charge on any atom is -0.447 e. The molecule has 35 heavy (non-hydrogen) atoms. The fraction of sp³-hybridized carbons (Fsp3) is 0.462. The summed E-state index contributed by atoms with van der Waals surface area (Å²) in [7, 11) is 0. The van der Waals surface area contributed by atoms with E-state index in [1.165, 1.54) is 0 Å². The number of hydrogen-bond donors (Lipinski definition) is 3. The molecule has 9 nitrogen and oxygen atoms in total. The van der Waals surface area contributed by atoms with E-state index in [1.807, 2.05) is 60.7 Å². The average Bonchev–Trinajstić information content (AvgIpc) is 2.80. The zero-order valence-corrected chi connectivity index (χ0v) is 20.6. The van der Waals surface area contributed by atoms with Gasteiger partial charge in [-0.15, -0.1) is 0 Å². The van der Waals surface area contributed by atoms with Gasteiger partial charge in [0, 0.05) is 18.5 Å². The lowest BCUT2D eigenvalue weighted by molar-refractivity contribution is -0.0740. The van der Waals surface area contributed by atoms with Gasteiger partial charge >= 0.3 is 12.2 Å². The summed E-state index contributed by atoms with van der Waals surface area (Å²) >= 11 is 0. The summed E-state index contributed by atoms with van der Waals surface area (Å²) in [6.07, 6.45) is -2.41. The van der Waals surface area contributed by atoms with Crippen molar-refractivity contribution in [1.29, 1.82) is 0 Å². The van der Waals surface area contributed by atoms with E-state index < -0.39 is 36.1 Å². The van der Waals surface area contributed by atoms with Crippen LogP contribution in [0, 0.1) is 0 Å². The lowest BCUT2D eigenvalue weighted by atomic mass is 10.0. The Balaban J connectivity index is 2.09. The van der Waals surface area contributed by atoms with Gasteiger partial charge in [-0.2, -0.15) is 0 Å². The molecule has 0 aromatic heterocycles. The van der Waals surface area contributed by atoms with Crippen molar-refractivity contribution in [2.24, 2.45) is 17.2 Å². The van der Waals surface area contributed by atoms with Crippen LogP contribution in [0.1, 0.15) is 56.8 Å². The summed E-state index contributed by atoms with van der Waals surface area (Å²) in [4.78, 5) is 23.6. The molecule has 6 N–H and O–H groups in total. The third-order valence-electron chi connectivity index (χ3n) is 5.07. The van der Waals surface area contributed by atoms with E-state index in [0.717, 1.165) is 11.1 Å². The molecule has 2 aromatic rings. The van der Waals surface area contributed by atoms with Crippen molar-refractivity contribution in [2.75, 3.05) is 13.2 Å². The molecule has 9 heteroatoms. The molecule has 2 aromatic carbocycles. The van der Waals surface area contributed by atoms with E-state index in [0.29, 0.717) is 6.42 Å². The second-order valence-corrected chi connectivity index (χ2v) is 9.30. The molecule has 0 fully saturated rings. The highest BCUT2D eigenvalue weighted by molar-refractivity contribution is 5.64. The van der Waals surface area contributed by atoms with Gasteiger partial charge in [0.15, 0.2) is 0 Å². The number of carbonyl (C=O) groups excluding carboxylic acids is 2. The highest BCUT2D eigenvalue weighted by Crippen LogP contribution is 2.21. The first-order valence-electron chi connectivity index (χ1n) is 11.6. The molecule has 192 valence electrons. The van der Waals surface area contributed by atoms with Gasteiger partial charge in [-0.1, -0.05) is 60.7 Å². The molecule has 4 unspecified atom stereocenters. The number of carbonyl (C=O) groups is 2. The van der Waals surface area contributed by atoms with Crippen molar-refractivity contribution < 1.29 is 28.5 Å². The molecule has 0 heterocycles. The van der Waals surface area contributed by atoms with Crippen LogP contribution < -0.4 is 17.2 Å². The molecule has 0 aliphatic carbocycles. The van der Waals surface area contributed by atoms with Crippen LogP contribution in [0.15, 0.2) is 60.7 Å². The van der Waals surface area contributed by atoms with Gasteiger partial charge < -0.3 is 36.1 Å². The largest absolute Gasteiger partial charge is 0.509 e. The van der Waals surface area contributed by atoms with Gasteiger partial charge in [0.2, 0.25) is 0 Å². The standard InChI is InChI=1S/C26H37N3O6/c1-26(2,3)35-25(31)34-21(15-23(28)19-12-8-5-9-13-19)17-32-20(16-33-24(29)30)14-22(27)18-10-6-4-7-11-18/h4-13,20-23H,14-17,27-28H2,1-3H3,(H2,29,30). The van der Waals surface area contributed by atoms with Crippen LogP contribution in [-0.4, -0.2) is 43.3 Å². The predicted octanol–water partition coefficient (Wildman–Crippen LogP) is 3.97. The van der Waals surface area contributed by atoms with E-state index in [2.05, 4.69) is 0 Å². The molecule has 4 atom stereocenters. The van der Waals surface area contributed by atoms with Crippen molar-refractivity contribution in [3.8, 4) is 0 Å². The first kappa shape index (κ1) is 28.1. The van der Waals surface area contributed by atoms with Crippen molar-refractivity contribution in [3.63, 3.8) is 0 Å². The summed E-state index contributed by atoms with van der Waals surface area (Å²) in [5.74, 6) is 0. The van der Waals surface area contributed by atoms with Crippen LogP contribution in [-0.2, 0) is 18.9 Å². The monoisotopic (exact) mass is 487 g/mol. The van der Waals surface area contributed by atoms with Gasteiger partial charge in [0.25, 0.3) is 0 Å². The highest BCUT2D eigenvalue weighted by Gasteiger charge is 2.26. The van der Waals surface area contributed by atoms with Crippen LogP contribution >= 0.6 is 0 Å². The Labute approximate surface area is 206 Å². The van der Waals surface area contributed by atoms with Crippen molar-refractivity contribution in [2.45, 2.75) is 63.5 Å². The topological polar surface area (TPSA) is 149 Å². The Morgan fingerprint density at radius 3 is 1.74 bits per heavy atom. The van der Waals surface area contributed by atoms with E-state index in [9.17, 15) is 9.59 Å². The summed E-state index contributed by atoms with van der Waals surface area (Å²) in [6.45, 7) is 5.14. The van der Waals surface area contributed by atoms with Gasteiger partial charge in [0.1, 0.15) is 18.3 Å². The molecule has 0 bridgehead atoms. The molecule has 0 aliphatic rings. The van der Waals surface area contributed by atoms with Crippen molar-refractivity contribution >= 4 is 12.2 Å². The number of primary amides is 1. The number of ether oxygens (including phenoxy) is 4. The zero-order valence-electron chi connectivity index (χ0n) is 20.6. The van der Waals surface area contributed by atoms with Crippen LogP contribution in [0.2, 0.25) is 0 Å². The lowest BCUT2D eigenvalue weighted by Gasteiger charge is -2.27. The number of nitrogens with two attached hydrogens (primary N) is 3. The molecular weight excluding hydrogens is 450 g/mol. The Morgan fingerprint density at radius 2 is 1.29 bits per heavy atom. The van der Waals surface area contributed by atoms with Crippen LogP contribution in [0.5, 0.6) is 0 Å². The molecule has 0 aliphatic heterocycles. The number of hydrogen-bond acceptors (Lipinski definition) is 8. The number of rotatable bonds is 12. The average molecular weight is 488 g/mol. The first-order chi connectivity index (χ1) is 16.5. The summed E-state index contributed by atoms with van der Waals surface area (Å²) in [5.41, 5.74) is 18.9. The van der Waals surface area contributed by atoms with E-state index in [4.69, 9.17) is 36.1 Å². The Bertz CT molecular complexity index is 904. The first-order valence-corrected chi connectivity index (χ1v) is 11.6. The van der Waals surface area contributed by atoms with Crippen LogP contribution in [0.3, 0.4) is 0 Å². The third-order valence-corrected chi connectivity index (χ3v) is 5.07. The molecule has 2 rings (SSSR count). The smallest absolute Gasteiger partial charge is 0.447 e. The fourth-order valence-corrected chi connectivity index (χ4v) is 3.40. The van der Waals surface area contributed by atoms with Gasteiger partial charge in [-0.3, -0.25) is 0 Å². The normalized spacial score (nSPS) is 14.9. The predicted molar refractivity (Wildman–Crippen MR) is 132 cm³/mol. The second kappa shape index (κ2) is 13.7. The molecule has 1 amide bonds. The molecule has 0 saturated carbocycles. The summed E-state index contributed by atoms with van der Waals surface area (Å²) in [6, 6.07) is 18.2. The minimum absolute atomic E-state index is 0.00588. The Kier molecular flexibility index (Phi) is 11.0. The van der Waals surface area contributed by atoms with E-state index >= 15 is 0 Å². The summed E-state index contributed by atoms with van der Waals surface area (Å²) in [5, 5.41) is 0. The quantitative estimate of drug-likeness (QED) is 0.381. The van der Waals surface area contributed by atoms with Crippen LogP contribution in [0.25, 0.3) is 0 Å².